The van der Waals surface area contributed by atoms with Gasteiger partial charge in [-0.3, -0.25) is 4.79 Å². The third-order valence-electron chi connectivity index (χ3n) is 4.00. The van der Waals surface area contributed by atoms with Crippen LogP contribution in [0.3, 0.4) is 0 Å². The third kappa shape index (κ3) is 18.2. The SMILES string of the molecule is CCCCCCCCCCCCOC(=O)C(CC=CF)CC(=O)[O-].[Na+]. The number of aliphatic carboxylic acids is 1. The van der Waals surface area contributed by atoms with Gasteiger partial charge in [0, 0.05) is 12.4 Å². The molecule has 1 unspecified atom stereocenters. The summed E-state index contributed by atoms with van der Waals surface area (Å²) in [6.07, 6.45) is 12.9. The molecule has 0 aromatic carbocycles. The fraction of sp³-hybridized carbons (Fsp3) is 0.789. The third-order valence-corrected chi connectivity index (χ3v) is 4.00. The Morgan fingerprint density at radius 1 is 1.00 bits per heavy atom. The number of carboxylic acid groups (broad SMARTS) is 1. The minimum Gasteiger partial charge on any atom is -0.550 e. The Hall–Kier alpha value is -0.390. The number of carbonyl (C=O) groups excluding carboxylic acids is 2. The topological polar surface area (TPSA) is 66.4 Å². The van der Waals surface area contributed by atoms with Crippen molar-refractivity contribution in [2.75, 3.05) is 6.61 Å². The van der Waals surface area contributed by atoms with E-state index >= 15 is 0 Å². The van der Waals surface area contributed by atoms with Gasteiger partial charge < -0.3 is 14.6 Å². The molecule has 0 saturated carbocycles. The van der Waals surface area contributed by atoms with E-state index in [9.17, 15) is 19.1 Å². The average molecular weight is 366 g/mol. The second-order valence-electron chi connectivity index (χ2n) is 6.22. The van der Waals surface area contributed by atoms with Crippen molar-refractivity contribution < 1.29 is 53.4 Å². The Bertz CT molecular complexity index is 361. The molecule has 0 fully saturated rings. The van der Waals surface area contributed by atoms with Crippen molar-refractivity contribution in [3.8, 4) is 0 Å². The summed E-state index contributed by atoms with van der Waals surface area (Å²) < 4.78 is 17.1. The minimum atomic E-state index is -1.33. The number of allylic oxidation sites excluding steroid dienone is 1. The van der Waals surface area contributed by atoms with Crippen LogP contribution in [0.1, 0.15) is 84.0 Å². The largest absolute Gasteiger partial charge is 1.00 e. The number of hydrogen-bond acceptors (Lipinski definition) is 4. The zero-order chi connectivity index (χ0) is 18.0. The van der Waals surface area contributed by atoms with Gasteiger partial charge in [0.1, 0.15) is 0 Å². The standard InChI is InChI=1S/C19H33FO4.Na/c1-2-3-4-5-6-7-8-9-10-11-15-24-19(23)17(13-12-14-20)16-18(21)22;/h12,14,17H,2-11,13,15-16H2,1H3,(H,21,22);/q;+1/p-1. The van der Waals surface area contributed by atoms with Crippen LogP contribution in [-0.4, -0.2) is 18.5 Å². The molecule has 0 aromatic rings. The van der Waals surface area contributed by atoms with Gasteiger partial charge in [0.05, 0.1) is 18.9 Å². The van der Waals surface area contributed by atoms with Crippen LogP contribution in [0.5, 0.6) is 0 Å². The van der Waals surface area contributed by atoms with E-state index in [1.165, 1.54) is 44.9 Å². The molecule has 0 aliphatic rings. The van der Waals surface area contributed by atoms with E-state index in [1.807, 2.05) is 0 Å². The number of esters is 1. The summed E-state index contributed by atoms with van der Waals surface area (Å²) in [4.78, 5) is 22.4. The Balaban J connectivity index is 0. The van der Waals surface area contributed by atoms with Gasteiger partial charge in [-0.1, -0.05) is 70.8 Å². The molecule has 140 valence electrons. The normalized spacial score (nSPS) is 11.9. The van der Waals surface area contributed by atoms with Crippen LogP contribution in [0.2, 0.25) is 0 Å². The molecule has 0 aliphatic carbocycles. The number of carboxylic acids is 1. The molecule has 0 spiro atoms. The number of ether oxygens (including phenoxy) is 1. The van der Waals surface area contributed by atoms with Crippen molar-refractivity contribution in [2.24, 2.45) is 5.92 Å². The number of carbonyl (C=O) groups is 2. The van der Waals surface area contributed by atoms with E-state index in [1.54, 1.807) is 0 Å². The molecule has 0 bridgehead atoms. The maximum atomic E-state index is 12.0. The number of halogens is 1. The van der Waals surface area contributed by atoms with Crippen molar-refractivity contribution in [2.45, 2.75) is 84.0 Å². The van der Waals surface area contributed by atoms with Crippen LogP contribution in [0.15, 0.2) is 12.4 Å². The number of rotatable bonds is 16. The first-order chi connectivity index (χ1) is 11.6. The van der Waals surface area contributed by atoms with Gasteiger partial charge in [0.2, 0.25) is 0 Å². The molecular weight excluding hydrogens is 334 g/mol. The first kappa shape index (κ1) is 26.8. The maximum Gasteiger partial charge on any atom is 1.00 e. The van der Waals surface area contributed by atoms with Crippen molar-refractivity contribution in [3.63, 3.8) is 0 Å². The summed E-state index contributed by atoms with van der Waals surface area (Å²) in [6.45, 7) is 2.50. The molecule has 0 rings (SSSR count). The van der Waals surface area contributed by atoms with E-state index in [0.717, 1.165) is 25.3 Å². The zero-order valence-corrected chi connectivity index (χ0v) is 17.9. The molecule has 6 heteroatoms. The average Bonchev–Trinajstić information content (AvgIpc) is 2.55. The molecule has 1 atom stereocenters. The number of hydrogen-bond donors (Lipinski definition) is 0. The van der Waals surface area contributed by atoms with Gasteiger partial charge in [-0.15, -0.1) is 0 Å². The second-order valence-corrected chi connectivity index (χ2v) is 6.22. The molecule has 4 nitrogen and oxygen atoms in total. The molecule has 0 radical (unpaired) electrons. The second kappa shape index (κ2) is 19.9. The van der Waals surface area contributed by atoms with E-state index in [0.29, 0.717) is 6.33 Å². The maximum absolute atomic E-state index is 12.0. The molecule has 0 N–H and O–H groups in total. The van der Waals surface area contributed by atoms with Gasteiger partial charge in [-0.05, 0) is 12.8 Å². The quantitative estimate of drug-likeness (QED) is 0.233. The summed E-state index contributed by atoms with van der Waals surface area (Å²) in [5.41, 5.74) is 0. The van der Waals surface area contributed by atoms with Gasteiger partial charge in [0.25, 0.3) is 0 Å². The first-order valence-corrected chi connectivity index (χ1v) is 9.23. The summed E-state index contributed by atoms with van der Waals surface area (Å²) >= 11 is 0. The van der Waals surface area contributed by atoms with Crippen molar-refractivity contribution >= 4 is 11.9 Å². The molecule has 0 aliphatic heterocycles. The summed E-state index contributed by atoms with van der Waals surface area (Å²) in [5.74, 6) is -2.79. The predicted molar refractivity (Wildman–Crippen MR) is 90.8 cm³/mol. The minimum absolute atomic E-state index is 0. The van der Waals surface area contributed by atoms with Crippen LogP contribution < -0.4 is 34.7 Å². The molecule has 25 heavy (non-hydrogen) atoms. The Morgan fingerprint density at radius 3 is 2.00 bits per heavy atom. The Kier molecular flexibility index (Phi) is 21.4. The predicted octanol–water partition coefficient (Wildman–Crippen LogP) is 1.08. The zero-order valence-electron chi connectivity index (χ0n) is 15.9. The van der Waals surface area contributed by atoms with Gasteiger partial charge in [-0.2, -0.15) is 0 Å². The molecule has 0 heterocycles. The van der Waals surface area contributed by atoms with Crippen LogP contribution in [-0.2, 0) is 14.3 Å². The summed E-state index contributed by atoms with van der Waals surface area (Å²) in [7, 11) is 0. The van der Waals surface area contributed by atoms with E-state index in [2.05, 4.69) is 6.92 Å². The van der Waals surface area contributed by atoms with Crippen molar-refractivity contribution in [1.82, 2.24) is 0 Å². The fourth-order valence-corrected chi connectivity index (χ4v) is 2.56. The monoisotopic (exact) mass is 366 g/mol. The Labute approximate surface area is 173 Å². The van der Waals surface area contributed by atoms with Crippen molar-refractivity contribution in [1.29, 1.82) is 0 Å². The van der Waals surface area contributed by atoms with Gasteiger partial charge in [0.15, 0.2) is 0 Å². The molecular formula is C19H32FNaO4. The molecule has 0 saturated heterocycles. The summed E-state index contributed by atoms with van der Waals surface area (Å²) in [5, 5.41) is 10.6. The fourth-order valence-electron chi connectivity index (χ4n) is 2.56. The van der Waals surface area contributed by atoms with Crippen LogP contribution >= 0.6 is 0 Å². The van der Waals surface area contributed by atoms with Gasteiger partial charge >= 0.3 is 35.5 Å². The van der Waals surface area contributed by atoms with E-state index in [-0.39, 0.29) is 42.6 Å². The van der Waals surface area contributed by atoms with Crippen molar-refractivity contribution in [3.05, 3.63) is 12.4 Å². The number of unbranched alkanes of at least 4 members (excludes halogenated alkanes) is 9. The molecule has 0 amide bonds. The first-order valence-electron chi connectivity index (χ1n) is 9.23. The van der Waals surface area contributed by atoms with Crippen LogP contribution in [0.25, 0.3) is 0 Å². The van der Waals surface area contributed by atoms with E-state index < -0.39 is 24.3 Å². The van der Waals surface area contributed by atoms with E-state index in [4.69, 9.17) is 4.74 Å². The van der Waals surface area contributed by atoms with Gasteiger partial charge in [-0.25, -0.2) is 4.39 Å². The summed E-state index contributed by atoms with van der Waals surface area (Å²) in [6, 6.07) is 0. The van der Waals surface area contributed by atoms with Crippen LogP contribution in [0, 0.1) is 5.92 Å². The smallest absolute Gasteiger partial charge is 0.550 e. The molecule has 0 aromatic heterocycles. The van der Waals surface area contributed by atoms with Crippen LogP contribution in [0.4, 0.5) is 4.39 Å². The Morgan fingerprint density at radius 2 is 1.52 bits per heavy atom.